The number of anilines is 3. The normalized spacial score (nSPS) is 10.1. The fourth-order valence-corrected chi connectivity index (χ4v) is 2.30. The van der Waals surface area contributed by atoms with E-state index in [1.54, 1.807) is 18.3 Å². The fraction of sp³-hybridized carbons (Fsp3) is 0.368. The zero-order valence-corrected chi connectivity index (χ0v) is 14.7. The molecule has 0 aliphatic carbocycles. The lowest BCUT2D eigenvalue weighted by Crippen LogP contribution is -2.21. The van der Waals surface area contributed by atoms with Crippen molar-refractivity contribution in [1.29, 1.82) is 0 Å². The highest BCUT2D eigenvalue weighted by Crippen LogP contribution is 2.20. The van der Waals surface area contributed by atoms with Gasteiger partial charge in [0.25, 0.3) is 0 Å². The van der Waals surface area contributed by atoms with E-state index in [2.05, 4.69) is 34.0 Å². The molecule has 0 unspecified atom stereocenters. The van der Waals surface area contributed by atoms with E-state index in [9.17, 15) is 4.39 Å². The first-order valence-corrected chi connectivity index (χ1v) is 8.43. The second kappa shape index (κ2) is 9.60. The van der Waals surface area contributed by atoms with E-state index in [0.717, 1.165) is 37.2 Å². The van der Waals surface area contributed by atoms with Crippen LogP contribution in [0, 0.1) is 17.7 Å². The minimum Gasteiger partial charge on any atom is -0.358 e. The van der Waals surface area contributed by atoms with Gasteiger partial charge in [0, 0.05) is 25.7 Å². The fourth-order valence-electron chi connectivity index (χ4n) is 2.30. The monoisotopic (exact) mass is 341 g/mol. The Bertz CT molecular complexity index is 751. The van der Waals surface area contributed by atoms with E-state index in [4.69, 9.17) is 5.73 Å². The summed E-state index contributed by atoms with van der Waals surface area (Å²) in [6.07, 6.45) is 4.31. The molecule has 2 rings (SSSR count). The molecule has 0 saturated carbocycles. The zero-order valence-electron chi connectivity index (χ0n) is 14.7. The Labute approximate surface area is 148 Å². The maximum atomic E-state index is 13.3. The summed E-state index contributed by atoms with van der Waals surface area (Å²) >= 11 is 0. The van der Waals surface area contributed by atoms with E-state index in [-0.39, 0.29) is 5.82 Å². The van der Waals surface area contributed by atoms with E-state index < -0.39 is 0 Å². The number of benzene rings is 1. The summed E-state index contributed by atoms with van der Waals surface area (Å²) in [7, 11) is 1.98. The van der Waals surface area contributed by atoms with Gasteiger partial charge in [-0.1, -0.05) is 24.8 Å². The van der Waals surface area contributed by atoms with E-state index in [1.165, 1.54) is 12.1 Å². The number of nitrogens with zero attached hydrogens (tertiary/aromatic N) is 3. The Balaban J connectivity index is 2.27. The highest BCUT2D eigenvalue weighted by molar-refractivity contribution is 5.60. The molecule has 25 heavy (non-hydrogen) atoms. The number of nitrogens with two attached hydrogens (primary N) is 1. The SMILES string of the molecule is CCCN(C)c1nc(Nc2cccc(F)c2)ncc1C#CCCCN. The molecule has 0 spiro atoms. The summed E-state index contributed by atoms with van der Waals surface area (Å²) in [4.78, 5) is 10.9. The highest BCUT2D eigenvalue weighted by atomic mass is 19.1. The highest BCUT2D eigenvalue weighted by Gasteiger charge is 2.10. The first-order valence-electron chi connectivity index (χ1n) is 8.43. The van der Waals surface area contributed by atoms with Crippen LogP contribution in [0.5, 0.6) is 0 Å². The molecule has 2 aromatic rings. The molecule has 1 aromatic carbocycles. The molecule has 0 aliphatic heterocycles. The minimum absolute atomic E-state index is 0.310. The van der Waals surface area contributed by atoms with Crippen LogP contribution in [0.2, 0.25) is 0 Å². The van der Waals surface area contributed by atoms with Crippen LogP contribution in [-0.2, 0) is 0 Å². The molecule has 0 radical (unpaired) electrons. The van der Waals surface area contributed by atoms with Crippen molar-refractivity contribution in [3.05, 3.63) is 41.8 Å². The Hall–Kier alpha value is -2.65. The Morgan fingerprint density at radius 1 is 1.36 bits per heavy atom. The number of halogens is 1. The summed E-state index contributed by atoms with van der Waals surface area (Å²) in [5.74, 6) is 7.10. The molecule has 1 aromatic heterocycles. The van der Waals surface area contributed by atoms with Crippen molar-refractivity contribution in [1.82, 2.24) is 9.97 Å². The lowest BCUT2D eigenvalue weighted by atomic mass is 10.2. The summed E-state index contributed by atoms with van der Waals surface area (Å²) in [6.45, 7) is 3.59. The number of nitrogens with one attached hydrogen (secondary N) is 1. The van der Waals surface area contributed by atoms with E-state index in [1.807, 2.05) is 11.9 Å². The minimum atomic E-state index is -0.310. The molecule has 5 nitrogen and oxygen atoms in total. The molecule has 0 fully saturated rings. The van der Waals surface area contributed by atoms with Crippen molar-refractivity contribution in [2.45, 2.75) is 26.2 Å². The molecule has 0 atom stereocenters. The third-order valence-corrected chi connectivity index (χ3v) is 3.50. The van der Waals surface area contributed by atoms with Crippen molar-refractivity contribution in [2.24, 2.45) is 5.73 Å². The van der Waals surface area contributed by atoms with Crippen molar-refractivity contribution in [3.63, 3.8) is 0 Å². The third-order valence-electron chi connectivity index (χ3n) is 3.50. The number of hydrogen-bond donors (Lipinski definition) is 2. The Kier molecular flexibility index (Phi) is 7.17. The first-order chi connectivity index (χ1) is 12.1. The number of aromatic nitrogens is 2. The Morgan fingerprint density at radius 3 is 2.92 bits per heavy atom. The first kappa shape index (κ1) is 18.7. The molecule has 6 heteroatoms. The second-order valence-corrected chi connectivity index (χ2v) is 5.68. The molecule has 0 saturated heterocycles. The molecule has 0 aliphatic rings. The van der Waals surface area contributed by atoms with Gasteiger partial charge in [-0.2, -0.15) is 4.98 Å². The summed E-state index contributed by atoms with van der Waals surface area (Å²) in [5.41, 5.74) is 6.87. The van der Waals surface area contributed by atoms with Crippen molar-refractivity contribution in [3.8, 4) is 11.8 Å². The molecule has 1 heterocycles. The molecule has 0 bridgehead atoms. The van der Waals surface area contributed by atoms with Gasteiger partial charge in [-0.05, 0) is 37.6 Å². The van der Waals surface area contributed by atoms with Gasteiger partial charge >= 0.3 is 0 Å². The van der Waals surface area contributed by atoms with Crippen molar-refractivity contribution < 1.29 is 4.39 Å². The summed E-state index contributed by atoms with van der Waals surface area (Å²) < 4.78 is 13.3. The van der Waals surface area contributed by atoms with Crippen LogP contribution in [0.3, 0.4) is 0 Å². The average molecular weight is 341 g/mol. The van der Waals surface area contributed by atoms with Gasteiger partial charge in [-0.15, -0.1) is 0 Å². The summed E-state index contributed by atoms with van der Waals surface area (Å²) in [5, 5.41) is 3.03. The molecular formula is C19H24FN5. The van der Waals surface area contributed by atoms with Gasteiger partial charge in [0.2, 0.25) is 5.95 Å². The van der Waals surface area contributed by atoms with Crippen LogP contribution in [0.25, 0.3) is 0 Å². The van der Waals surface area contributed by atoms with Gasteiger partial charge in [0.15, 0.2) is 0 Å². The van der Waals surface area contributed by atoms with Gasteiger partial charge in [-0.25, -0.2) is 9.37 Å². The van der Waals surface area contributed by atoms with E-state index in [0.29, 0.717) is 18.2 Å². The maximum Gasteiger partial charge on any atom is 0.229 e. The van der Waals surface area contributed by atoms with Gasteiger partial charge < -0.3 is 16.0 Å². The predicted molar refractivity (Wildman–Crippen MR) is 100 cm³/mol. The molecular weight excluding hydrogens is 317 g/mol. The lowest BCUT2D eigenvalue weighted by molar-refractivity contribution is 0.628. The molecule has 132 valence electrons. The zero-order chi connectivity index (χ0) is 18.1. The van der Waals surface area contributed by atoms with E-state index >= 15 is 0 Å². The third kappa shape index (κ3) is 5.73. The van der Waals surface area contributed by atoms with Crippen molar-refractivity contribution in [2.75, 3.05) is 30.4 Å². The smallest absolute Gasteiger partial charge is 0.229 e. The second-order valence-electron chi connectivity index (χ2n) is 5.68. The number of hydrogen-bond acceptors (Lipinski definition) is 5. The quantitative estimate of drug-likeness (QED) is 0.597. The van der Waals surface area contributed by atoms with Gasteiger partial charge in [0.05, 0.1) is 11.8 Å². The van der Waals surface area contributed by atoms with Crippen LogP contribution < -0.4 is 16.0 Å². The number of rotatable bonds is 7. The lowest BCUT2D eigenvalue weighted by Gasteiger charge is -2.19. The topological polar surface area (TPSA) is 67.1 Å². The maximum absolute atomic E-state index is 13.3. The van der Waals surface area contributed by atoms with Crippen LogP contribution in [-0.4, -0.2) is 30.1 Å². The van der Waals surface area contributed by atoms with Crippen LogP contribution in [0.4, 0.5) is 21.8 Å². The molecule has 3 N–H and O–H groups in total. The Morgan fingerprint density at radius 2 is 2.20 bits per heavy atom. The average Bonchev–Trinajstić information content (AvgIpc) is 2.60. The predicted octanol–water partition coefficient (Wildman–Crippen LogP) is 3.30. The number of unbranched alkanes of at least 4 members (excludes halogenated alkanes) is 1. The van der Waals surface area contributed by atoms with Crippen LogP contribution in [0.15, 0.2) is 30.5 Å². The van der Waals surface area contributed by atoms with Crippen molar-refractivity contribution >= 4 is 17.5 Å². The largest absolute Gasteiger partial charge is 0.358 e. The van der Waals surface area contributed by atoms with Gasteiger partial charge in [0.1, 0.15) is 11.6 Å². The standard InChI is InChI=1S/C19H24FN5/c1-3-12-25(2)18-15(8-5-4-6-11-21)14-22-19(24-18)23-17-10-7-9-16(20)13-17/h7,9-10,13-14H,3-4,6,11-12,21H2,1-2H3,(H,22,23,24). The van der Waals surface area contributed by atoms with Crippen LogP contribution >= 0.6 is 0 Å². The van der Waals surface area contributed by atoms with Crippen LogP contribution in [0.1, 0.15) is 31.7 Å². The summed E-state index contributed by atoms with van der Waals surface area (Å²) in [6, 6.07) is 6.20. The molecule has 0 amide bonds. The van der Waals surface area contributed by atoms with Gasteiger partial charge in [-0.3, -0.25) is 0 Å².